The Balaban J connectivity index is 1.83. The molecule has 2 heteroatoms. The molecule has 2 aliphatic rings. The third-order valence-corrected chi connectivity index (χ3v) is 8.17. The maximum Gasteiger partial charge on any atom is 0.0700 e. The molecule has 2 aliphatic carbocycles. The van der Waals surface area contributed by atoms with Crippen molar-refractivity contribution < 1.29 is 0 Å². The maximum absolute atomic E-state index is 4.56. The van der Waals surface area contributed by atoms with Gasteiger partial charge in [-0.15, -0.1) is 0 Å². The van der Waals surface area contributed by atoms with E-state index in [1.807, 2.05) is 12.3 Å². The van der Waals surface area contributed by atoms with Crippen molar-refractivity contribution in [2.75, 3.05) is 0 Å². The second kappa shape index (κ2) is 6.18. The average Bonchev–Trinajstić information content (AvgIpc) is 3.13. The van der Waals surface area contributed by atoms with Crippen LogP contribution in [0.25, 0.3) is 5.31 Å². The van der Waals surface area contributed by atoms with Crippen LogP contribution in [0, 0.1) is 0 Å². The molecule has 0 amide bonds. The van der Waals surface area contributed by atoms with Crippen LogP contribution >= 0.6 is 7.92 Å². The fourth-order valence-electron chi connectivity index (χ4n) is 3.77. The van der Waals surface area contributed by atoms with Crippen LogP contribution in [0.4, 0.5) is 0 Å². The summed E-state index contributed by atoms with van der Waals surface area (Å²) in [6, 6.07) is 6.26. The molecule has 1 aromatic heterocycles. The van der Waals surface area contributed by atoms with Crippen LogP contribution in [0.2, 0.25) is 0 Å². The summed E-state index contributed by atoms with van der Waals surface area (Å²) >= 11 is 0. The summed E-state index contributed by atoms with van der Waals surface area (Å²) in [5.74, 6) is 0. The molecule has 2 saturated carbocycles. The van der Waals surface area contributed by atoms with E-state index in [0.717, 1.165) is 17.0 Å². The van der Waals surface area contributed by atoms with Gasteiger partial charge in [0, 0.05) is 6.20 Å². The number of aromatic nitrogens is 1. The predicted octanol–water partition coefficient (Wildman–Crippen LogP) is 5.42. The summed E-state index contributed by atoms with van der Waals surface area (Å²) in [4.78, 5) is 4.56. The summed E-state index contributed by atoms with van der Waals surface area (Å²) in [7, 11) is -0.0574. The molecule has 0 bridgehead atoms. The van der Waals surface area contributed by atoms with Gasteiger partial charge in [0.05, 0.1) is 5.69 Å². The third-order valence-electron chi connectivity index (χ3n) is 4.71. The summed E-state index contributed by atoms with van der Waals surface area (Å²) in [5, 5.41) is 1.38. The highest BCUT2D eigenvalue weighted by atomic mass is 31.1. The van der Waals surface area contributed by atoms with Crippen LogP contribution in [-0.2, 0) is 0 Å². The van der Waals surface area contributed by atoms with Gasteiger partial charge in [0.15, 0.2) is 0 Å². The first-order valence-corrected chi connectivity index (χ1v) is 9.23. The zero-order valence-corrected chi connectivity index (χ0v) is 12.6. The van der Waals surface area contributed by atoms with Crippen LogP contribution < -0.4 is 0 Å². The molecule has 2 fully saturated rings. The van der Waals surface area contributed by atoms with Crippen LogP contribution in [0.3, 0.4) is 0 Å². The molecule has 0 aromatic carbocycles. The van der Waals surface area contributed by atoms with Crippen molar-refractivity contribution in [1.29, 1.82) is 0 Å². The van der Waals surface area contributed by atoms with Gasteiger partial charge in [-0.05, 0) is 54.4 Å². The van der Waals surface area contributed by atoms with Gasteiger partial charge in [0.1, 0.15) is 0 Å². The van der Waals surface area contributed by atoms with Crippen LogP contribution in [0.5, 0.6) is 0 Å². The molecule has 0 radical (unpaired) electrons. The molecule has 19 heavy (non-hydrogen) atoms. The van der Waals surface area contributed by atoms with Gasteiger partial charge in [-0.25, -0.2) is 0 Å². The Labute approximate surface area is 118 Å². The second-order valence-corrected chi connectivity index (χ2v) is 8.76. The number of hydrogen-bond acceptors (Lipinski definition) is 1. The Morgan fingerprint density at radius 2 is 1.58 bits per heavy atom. The lowest BCUT2D eigenvalue weighted by Crippen LogP contribution is -2.11. The number of hydrogen-bond donors (Lipinski definition) is 0. The lowest BCUT2D eigenvalue weighted by Gasteiger charge is -2.31. The van der Waals surface area contributed by atoms with E-state index in [2.05, 4.69) is 23.7 Å². The van der Waals surface area contributed by atoms with E-state index in [-0.39, 0.29) is 7.92 Å². The summed E-state index contributed by atoms with van der Waals surface area (Å²) in [6.07, 6.45) is 13.4. The topological polar surface area (TPSA) is 12.9 Å². The number of rotatable bonds is 4. The summed E-state index contributed by atoms with van der Waals surface area (Å²) in [6.45, 7) is 4.48. The minimum atomic E-state index is -0.0574. The normalized spacial score (nSPS) is 21.3. The van der Waals surface area contributed by atoms with Gasteiger partial charge >= 0.3 is 0 Å². The van der Waals surface area contributed by atoms with Gasteiger partial charge in [-0.1, -0.05) is 46.3 Å². The Kier molecular flexibility index (Phi) is 4.33. The summed E-state index contributed by atoms with van der Waals surface area (Å²) in [5.41, 5.74) is 3.03. The molecule has 1 heterocycles. The van der Waals surface area contributed by atoms with E-state index in [9.17, 15) is 0 Å². The average molecular weight is 273 g/mol. The minimum Gasteiger partial charge on any atom is -0.256 e. The van der Waals surface area contributed by atoms with Crippen LogP contribution in [-0.4, -0.2) is 16.3 Å². The van der Waals surface area contributed by atoms with E-state index >= 15 is 0 Å². The van der Waals surface area contributed by atoms with Crippen molar-refractivity contribution in [3.63, 3.8) is 0 Å². The Morgan fingerprint density at radius 1 is 1.00 bits per heavy atom. The van der Waals surface area contributed by atoms with Crippen LogP contribution in [0.15, 0.2) is 31.0 Å². The van der Waals surface area contributed by atoms with Crippen molar-refractivity contribution in [3.8, 4) is 0 Å². The van der Waals surface area contributed by atoms with Crippen molar-refractivity contribution in [2.45, 2.75) is 62.7 Å². The smallest absolute Gasteiger partial charge is 0.0700 e. The first-order valence-electron chi connectivity index (χ1n) is 7.75. The first-order chi connectivity index (χ1) is 9.36. The monoisotopic (exact) mass is 273 g/mol. The fourth-order valence-corrected chi connectivity index (χ4v) is 7.49. The van der Waals surface area contributed by atoms with E-state index in [4.69, 9.17) is 0 Å². The second-order valence-electron chi connectivity index (χ2n) is 5.95. The zero-order valence-electron chi connectivity index (χ0n) is 11.7. The van der Waals surface area contributed by atoms with Crippen molar-refractivity contribution >= 4 is 13.2 Å². The molecule has 1 aromatic rings. The molecule has 0 unspecified atom stereocenters. The molecule has 0 atom stereocenters. The standard InChI is InChI=1S/C17H24NP/c1-14(17-12-6-7-13-18-17)19(15-8-2-3-9-15)16-10-4-5-11-16/h6-7,12-13,15-16H,1-5,8-11H2. The molecule has 102 valence electrons. The van der Waals surface area contributed by atoms with E-state index in [1.165, 1.54) is 56.7 Å². The molecule has 0 aliphatic heterocycles. The maximum atomic E-state index is 4.56. The van der Waals surface area contributed by atoms with Gasteiger partial charge in [-0.2, -0.15) is 0 Å². The van der Waals surface area contributed by atoms with E-state index < -0.39 is 0 Å². The predicted molar refractivity (Wildman–Crippen MR) is 84.7 cm³/mol. The van der Waals surface area contributed by atoms with E-state index in [0.29, 0.717) is 0 Å². The van der Waals surface area contributed by atoms with Gasteiger partial charge in [0.2, 0.25) is 0 Å². The quantitative estimate of drug-likeness (QED) is 0.667. The third kappa shape index (κ3) is 2.92. The molecule has 0 N–H and O–H groups in total. The highest BCUT2D eigenvalue weighted by molar-refractivity contribution is 7.69. The molecule has 1 nitrogen and oxygen atoms in total. The van der Waals surface area contributed by atoms with Crippen molar-refractivity contribution in [2.24, 2.45) is 0 Å². The van der Waals surface area contributed by atoms with Gasteiger partial charge in [-0.3, -0.25) is 4.98 Å². The van der Waals surface area contributed by atoms with E-state index in [1.54, 1.807) is 0 Å². The van der Waals surface area contributed by atoms with Gasteiger partial charge < -0.3 is 0 Å². The van der Waals surface area contributed by atoms with Crippen molar-refractivity contribution in [3.05, 3.63) is 36.7 Å². The highest BCUT2D eigenvalue weighted by Gasteiger charge is 2.34. The lowest BCUT2D eigenvalue weighted by atomic mass is 10.3. The first kappa shape index (κ1) is 13.3. The SMILES string of the molecule is C=C(c1ccccn1)P(C1CCCC1)C1CCCC1. The molecule has 3 rings (SSSR count). The molecular formula is C17H24NP. The fraction of sp³-hybridized carbons (Fsp3) is 0.588. The van der Waals surface area contributed by atoms with Gasteiger partial charge in [0.25, 0.3) is 0 Å². The number of pyridine rings is 1. The lowest BCUT2D eigenvalue weighted by molar-refractivity contribution is 0.836. The Morgan fingerprint density at radius 3 is 2.05 bits per heavy atom. The molecule has 0 saturated heterocycles. The summed E-state index contributed by atoms with van der Waals surface area (Å²) < 4.78 is 0. The molecular weight excluding hydrogens is 249 g/mol. The Bertz CT molecular complexity index is 400. The highest BCUT2D eigenvalue weighted by Crippen LogP contribution is 2.64. The Hall–Kier alpha value is -0.680. The zero-order chi connectivity index (χ0) is 13.1. The number of nitrogens with zero attached hydrogens (tertiary/aromatic N) is 1. The van der Waals surface area contributed by atoms with Crippen LogP contribution in [0.1, 0.15) is 57.1 Å². The minimum absolute atomic E-state index is 0.0574. The molecule has 0 spiro atoms. The van der Waals surface area contributed by atoms with Crippen molar-refractivity contribution in [1.82, 2.24) is 4.98 Å². The largest absolute Gasteiger partial charge is 0.256 e.